The van der Waals surface area contributed by atoms with E-state index >= 15 is 0 Å². The van der Waals surface area contributed by atoms with Gasteiger partial charge in [0, 0.05) is 11.1 Å². The number of halogens is 2. The summed E-state index contributed by atoms with van der Waals surface area (Å²) in [6, 6.07) is 5.05. The fourth-order valence-electron chi connectivity index (χ4n) is 5.04. The fraction of sp³-hybridized carbons (Fsp3) is 0.625. The van der Waals surface area contributed by atoms with Crippen molar-refractivity contribution in [3.8, 4) is 0 Å². The molecule has 0 spiro atoms. The van der Waals surface area contributed by atoms with Gasteiger partial charge in [-0.05, 0) is 73.0 Å². The Morgan fingerprint density at radius 1 is 1.26 bits per heavy atom. The highest BCUT2D eigenvalue weighted by molar-refractivity contribution is 6.30. The highest BCUT2D eigenvalue weighted by atomic mass is 35.5. The molecule has 5 unspecified atom stereocenters. The number of rotatable bonds is 3. The lowest BCUT2D eigenvalue weighted by molar-refractivity contribution is 0.407. The second-order valence-electron chi connectivity index (χ2n) is 6.67. The normalized spacial score (nSPS) is 40.3. The summed E-state index contributed by atoms with van der Waals surface area (Å²) in [5.41, 5.74) is 7.08. The fourth-order valence-corrected chi connectivity index (χ4v) is 5.20. The van der Waals surface area contributed by atoms with Gasteiger partial charge < -0.3 is 5.73 Å². The van der Waals surface area contributed by atoms with Crippen LogP contribution in [-0.4, -0.2) is 6.04 Å². The van der Waals surface area contributed by atoms with Gasteiger partial charge in [0.15, 0.2) is 0 Å². The van der Waals surface area contributed by atoms with Gasteiger partial charge in [0.05, 0.1) is 0 Å². The molecule has 1 nitrogen and oxygen atoms in total. The average Bonchev–Trinajstić information content (AvgIpc) is 2.82. The van der Waals surface area contributed by atoms with Crippen molar-refractivity contribution in [2.45, 2.75) is 31.7 Å². The number of benzene rings is 1. The van der Waals surface area contributed by atoms with Gasteiger partial charge in [-0.25, -0.2) is 4.39 Å². The van der Waals surface area contributed by atoms with Gasteiger partial charge in [0.2, 0.25) is 0 Å². The van der Waals surface area contributed by atoms with Crippen LogP contribution in [0, 0.1) is 35.4 Å². The first-order chi connectivity index (χ1) is 9.15. The predicted molar refractivity (Wildman–Crippen MR) is 74.4 cm³/mol. The summed E-state index contributed by atoms with van der Waals surface area (Å²) in [5.74, 6) is 4.04. The van der Waals surface area contributed by atoms with E-state index in [1.165, 1.54) is 25.3 Å². The molecule has 3 aliphatic carbocycles. The Kier molecular flexibility index (Phi) is 2.69. The first kappa shape index (κ1) is 12.2. The topological polar surface area (TPSA) is 26.0 Å². The van der Waals surface area contributed by atoms with Crippen LogP contribution < -0.4 is 5.73 Å². The first-order valence-electron chi connectivity index (χ1n) is 7.34. The van der Waals surface area contributed by atoms with E-state index in [1.54, 1.807) is 12.1 Å². The van der Waals surface area contributed by atoms with Crippen LogP contribution in [0.2, 0.25) is 5.02 Å². The molecule has 0 aromatic heterocycles. The quantitative estimate of drug-likeness (QED) is 0.898. The van der Waals surface area contributed by atoms with Gasteiger partial charge in [-0.3, -0.25) is 0 Å². The molecule has 1 aromatic carbocycles. The zero-order valence-electron chi connectivity index (χ0n) is 10.9. The van der Waals surface area contributed by atoms with Crippen LogP contribution in [0.4, 0.5) is 4.39 Å². The van der Waals surface area contributed by atoms with Crippen molar-refractivity contribution in [2.24, 2.45) is 35.3 Å². The summed E-state index contributed by atoms with van der Waals surface area (Å²) in [6.07, 6.45) is 4.91. The van der Waals surface area contributed by atoms with Crippen molar-refractivity contribution in [2.75, 3.05) is 0 Å². The third kappa shape index (κ3) is 1.84. The van der Waals surface area contributed by atoms with Gasteiger partial charge >= 0.3 is 0 Å². The minimum atomic E-state index is -0.211. The molecule has 3 saturated carbocycles. The monoisotopic (exact) mass is 279 g/mol. The van der Waals surface area contributed by atoms with E-state index in [1.807, 2.05) is 0 Å². The van der Waals surface area contributed by atoms with Crippen molar-refractivity contribution in [1.82, 2.24) is 0 Å². The smallest absolute Gasteiger partial charge is 0.127 e. The van der Waals surface area contributed by atoms with Crippen molar-refractivity contribution in [1.29, 1.82) is 0 Å². The summed E-state index contributed by atoms with van der Waals surface area (Å²) in [4.78, 5) is 0. The van der Waals surface area contributed by atoms with Crippen molar-refractivity contribution >= 4 is 11.6 Å². The lowest BCUT2D eigenvalue weighted by atomic mass is 9.94. The van der Waals surface area contributed by atoms with E-state index in [9.17, 15) is 4.39 Å². The van der Waals surface area contributed by atoms with Crippen LogP contribution in [-0.2, 0) is 6.42 Å². The van der Waals surface area contributed by atoms with Crippen LogP contribution in [0.25, 0.3) is 0 Å². The lowest BCUT2D eigenvalue weighted by Crippen LogP contribution is -2.29. The Bertz CT molecular complexity index is 501. The van der Waals surface area contributed by atoms with Crippen molar-refractivity contribution in [3.63, 3.8) is 0 Å². The maximum absolute atomic E-state index is 13.8. The molecule has 102 valence electrons. The predicted octanol–water partition coefficient (Wildman–Crippen LogP) is 3.64. The highest BCUT2D eigenvalue weighted by Crippen LogP contribution is 2.70. The number of nitrogens with two attached hydrogens (primary N) is 1. The molecule has 1 aromatic rings. The van der Waals surface area contributed by atoms with Gasteiger partial charge in [0.1, 0.15) is 5.82 Å². The molecule has 0 saturated heterocycles. The molecule has 4 rings (SSSR count). The van der Waals surface area contributed by atoms with Crippen LogP contribution in [0.1, 0.15) is 24.8 Å². The Morgan fingerprint density at radius 2 is 1.95 bits per heavy atom. The number of hydrogen-bond donors (Lipinski definition) is 1. The highest BCUT2D eigenvalue weighted by Gasteiger charge is 2.66. The molecule has 3 aliphatic rings. The van der Waals surface area contributed by atoms with E-state index in [4.69, 9.17) is 17.3 Å². The van der Waals surface area contributed by atoms with Crippen LogP contribution in [0.3, 0.4) is 0 Å². The molecule has 3 heteroatoms. The minimum Gasteiger partial charge on any atom is -0.327 e. The summed E-state index contributed by atoms with van der Waals surface area (Å²) in [7, 11) is 0. The Balaban J connectivity index is 1.47. The van der Waals surface area contributed by atoms with Gasteiger partial charge in [-0.1, -0.05) is 17.7 Å². The second-order valence-corrected chi connectivity index (χ2v) is 7.11. The third-order valence-electron chi connectivity index (χ3n) is 5.76. The summed E-state index contributed by atoms with van der Waals surface area (Å²) in [6.45, 7) is 0. The van der Waals surface area contributed by atoms with Gasteiger partial charge in [0.25, 0.3) is 0 Å². The van der Waals surface area contributed by atoms with E-state index in [0.29, 0.717) is 22.9 Å². The molecule has 2 bridgehead atoms. The molecule has 0 amide bonds. The first-order valence-corrected chi connectivity index (χ1v) is 7.72. The van der Waals surface area contributed by atoms with E-state index < -0.39 is 0 Å². The average molecular weight is 280 g/mol. The zero-order valence-corrected chi connectivity index (χ0v) is 11.6. The maximum atomic E-state index is 13.8. The molecule has 5 atom stereocenters. The standard InChI is InChI=1S/C16H19ClFN/c17-11-4-3-8(12(18)7-11)6-13(19)16-14-9-1-2-10(5-9)15(14)16/h3-4,7,9-10,13-16H,1-2,5-6,19H2. The SMILES string of the molecule is NC(Cc1ccc(Cl)cc1F)C1C2C3CCC(C3)C12. The molecule has 0 radical (unpaired) electrons. The third-order valence-corrected chi connectivity index (χ3v) is 6.00. The van der Waals surface area contributed by atoms with Gasteiger partial charge in [-0.15, -0.1) is 0 Å². The van der Waals surface area contributed by atoms with E-state index in [0.717, 1.165) is 23.7 Å². The van der Waals surface area contributed by atoms with E-state index in [2.05, 4.69) is 0 Å². The van der Waals surface area contributed by atoms with Crippen LogP contribution >= 0.6 is 11.6 Å². The van der Waals surface area contributed by atoms with E-state index in [-0.39, 0.29) is 11.9 Å². The van der Waals surface area contributed by atoms with Crippen molar-refractivity contribution < 1.29 is 4.39 Å². The second kappa shape index (κ2) is 4.20. The van der Waals surface area contributed by atoms with Crippen LogP contribution in [0.5, 0.6) is 0 Å². The Morgan fingerprint density at radius 3 is 2.58 bits per heavy atom. The minimum absolute atomic E-state index is 0.120. The molecule has 0 heterocycles. The maximum Gasteiger partial charge on any atom is 0.127 e. The summed E-state index contributed by atoms with van der Waals surface area (Å²) >= 11 is 5.78. The molecular formula is C16H19ClFN. The number of hydrogen-bond acceptors (Lipinski definition) is 1. The number of fused-ring (bicyclic) bond motifs is 5. The molecule has 19 heavy (non-hydrogen) atoms. The summed E-state index contributed by atoms with van der Waals surface area (Å²) in [5, 5.41) is 0.455. The molecule has 0 aliphatic heterocycles. The Labute approximate surface area is 118 Å². The lowest BCUT2D eigenvalue weighted by Gasteiger charge is -2.16. The molecule has 2 N–H and O–H groups in total. The van der Waals surface area contributed by atoms with Crippen molar-refractivity contribution in [3.05, 3.63) is 34.6 Å². The Hall–Kier alpha value is -0.600. The molecule has 3 fully saturated rings. The van der Waals surface area contributed by atoms with Crippen LogP contribution in [0.15, 0.2) is 18.2 Å². The molecular weight excluding hydrogens is 261 g/mol. The zero-order chi connectivity index (χ0) is 13.1. The largest absolute Gasteiger partial charge is 0.327 e. The summed E-state index contributed by atoms with van der Waals surface area (Å²) < 4.78 is 13.8. The van der Waals surface area contributed by atoms with Gasteiger partial charge in [-0.2, -0.15) is 0 Å².